The van der Waals surface area contributed by atoms with Gasteiger partial charge >= 0.3 is 0 Å². The summed E-state index contributed by atoms with van der Waals surface area (Å²) in [4.78, 5) is 18.9. The molecule has 3 nitrogen and oxygen atoms in total. The molecule has 21 heavy (non-hydrogen) atoms. The molecule has 2 aromatic rings. The molecule has 2 heterocycles. The maximum absolute atomic E-state index is 12.8. The molecule has 1 aliphatic heterocycles. The number of amides is 1. The quantitative estimate of drug-likeness (QED) is 0.784. The number of fused-ring (bicyclic) bond motifs is 1. The highest BCUT2D eigenvalue weighted by Gasteiger charge is 2.25. The second-order valence-electron chi connectivity index (χ2n) is 5.59. The summed E-state index contributed by atoms with van der Waals surface area (Å²) in [5, 5.41) is 0.372. The third kappa shape index (κ3) is 2.66. The van der Waals surface area contributed by atoms with E-state index in [-0.39, 0.29) is 11.8 Å². The second-order valence-corrected chi connectivity index (χ2v) is 5.98. The predicted molar refractivity (Wildman–Crippen MR) is 85.2 cm³/mol. The lowest BCUT2D eigenvalue weighted by molar-refractivity contribution is 0.0989. The van der Waals surface area contributed by atoms with Gasteiger partial charge in [-0.1, -0.05) is 43.6 Å². The first-order valence-electron chi connectivity index (χ1n) is 7.13. The molecule has 4 heteroatoms. The van der Waals surface area contributed by atoms with Crippen LogP contribution in [-0.2, 0) is 6.42 Å². The van der Waals surface area contributed by atoms with Crippen LogP contribution >= 0.6 is 11.6 Å². The number of nitrogens with zero attached hydrogens (tertiary/aromatic N) is 2. The molecular weight excluding hydrogens is 284 g/mol. The minimum Gasteiger partial charge on any atom is -0.308 e. The van der Waals surface area contributed by atoms with Gasteiger partial charge in [0.05, 0.1) is 0 Å². The summed E-state index contributed by atoms with van der Waals surface area (Å²) >= 11 is 6.06. The topological polar surface area (TPSA) is 33.2 Å². The first kappa shape index (κ1) is 14.1. The molecule has 0 fully saturated rings. The van der Waals surface area contributed by atoms with Crippen molar-refractivity contribution in [2.45, 2.75) is 26.2 Å². The number of halogens is 1. The number of hydrogen-bond donors (Lipinski definition) is 0. The Labute approximate surface area is 129 Å². The van der Waals surface area contributed by atoms with Crippen molar-refractivity contribution >= 4 is 23.2 Å². The highest BCUT2D eigenvalue weighted by atomic mass is 35.5. The molecule has 108 valence electrons. The van der Waals surface area contributed by atoms with Crippen molar-refractivity contribution < 1.29 is 4.79 Å². The molecule has 1 aromatic heterocycles. The van der Waals surface area contributed by atoms with E-state index in [0.717, 1.165) is 24.3 Å². The number of aromatic nitrogens is 1. The van der Waals surface area contributed by atoms with E-state index in [9.17, 15) is 4.79 Å². The number of benzene rings is 1. The zero-order valence-electron chi connectivity index (χ0n) is 12.1. The Morgan fingerprint density at radius 3 is 2.81 bits per heavy atom. The maximum Gasteiger partial charge on any atom is 0.258 e. The lowest BCUT2D eigenvalue weighted by atomic mass is 10.1. The van der Waals surface area contributed by atoms with Crippen molar-refractivity contribution in [3.63, 3.8) is 0 Å². The Morgan fingerprint density at radius 2 is 2.05 bits per heavy atom. The number of carbonyl (C=O) groups excluding carboxylic acids is 1. The van der Waals surface area contributed by atoms with E-state index in [2.05, 4.69) is 11.1 Å². The Balaban J connectivity index is 1.97. The van der Waals surface area contributed by atoms with E-state index in [1.807, 2.05) is 43.0 Å². The van der Waals surface area contributed by atoms with Gasteiger partial charge in [0, 0.05) is 23.5 Å². The minimum atomic E-state index is -0.00819. The summed E-state index contributed by atoms with van der Waals surface area (Å²) in [5.41, 5.74) is 3.67. The van der Waals surface area contributed by atoms with Gasteiger partial charge in [0.1, 0.15) is 5.15 Å². The molecule has 0 saturated carbocycles. The average molecular weight is 301 g/mol. The molecule has 1 aromatic carbocycles. The van der Waals surface area contributed by atoms with Crippen molar-refractivity contribution in [2.24, 2.45) is 0 Å². The van der Waals surface area contributed by atoms with Crippen LogP contribution in [0.2, 0.25) is 5.15 Å². The van der Waals surface area contributed by atoms with E-state index >= 15 is 0 Å². The third-order valence-electron chi connectivity index (χ3n) is 3.78. The van der Waals surface area contributed by atoms with Crippen LogP contribution in [0.5, 0.6) is 0 Å². The second kappa shape index (κ2) is 5.49. The summed E-state index contributed by atoms with van der Waals surface area (Å²) in [5.74, 6) is 0.229. The molecule has 0 radical (unpaired) electrons. The molecule has 0 aliphatic carbocycles. The maximum atomic E-state index is 12.8. The van der Waals surface area contributed by atoms with Gasteiger partial charge in [-0.15, -0.1) is 0 Å². The van der Waals surface area contributed by atoms with Crippen LogP contribution in [0.3, 0.4) is 0 Å². The Hall–Kier alpha value is -1.87. The monoisotopic (exact) mass is 300 g/mol. The van der Waals surface area contributed by atoms with E-state index in [1.54, 1.807) is 6.07 Å². The van der Waals surface area contributed by atoms with E-state index in [1.165, 1.54) is 5.56 Å². The van der Waals surface area contributed by atoms with Crippen LogP contribution in [-0.4, -0.2) is 17.4 Å². The van der Waals surface area contributed by atoms with Crippen LogP contribution < -0.4 is 4.90 Å². The van der Waals surface area contributed by atoms with Gasteiger partial charge in [0.2, 0.25) is 0 Å². The number of rotatable bonds is 2. The fraction of sp³-hybridized carbons (Fsp3) is 0.294. The van der Waals surface area contributed by atoms with E-state index in [4.69, 9.17) is 11.6 Å². The molecule has 0 bridgehead atoms. The van der Waals surface area contributed by atoms with Gasteiger partial charge in [-0.25, -0.2) is 4.98 Å². The lowest BCUT2D eigenvalue weighted by Crippen LogP contribution is -2.29. The zero-order chi connectivity index (χ0) is 15.0. The van der Waals surface area contributed by atoms with Gasteiger partial charge in [-0.2, -0.15) is 0 Å². The molecule has 0 spiro atoms. The number of pyridine rings is 1. The van der Waals surface area contributed by atoms with Crippen molar-refractivity contribution in [2.75, 3.05) is 11.4 Å². The van der Waals surface area contributed by atoms with Gasteiger partial charge in [-0.3, -0.25) is 4.79 Å². The Bertz CT molecular complexity index is 697. The lowest BCUT2D eigenvalue weighted by Gasteiger charge is -2.18. The molecule has 0 unspecified atom stereocenters. The average Bonchev–Trinajstić information content (AvgIpc) is 2.89. The zero-order valence-corrected chi connectivity index (χ0v) is 12.9. The Morgan fingerprint density at radius 1 is 1.29 bits per heavy atom. The largest absolute Gasteiger partial charge is 0.308 e. The van der Waals surface area contributed by atoms with Crippen molar-refractivity contribution in [3.05, 3.63) is 58.4 Å². The molecule has 0 atom stereocenters. The summed E-state index contributed by atoms with van der Waals surface area (Å²) < 4.78 is 0. The van der Waals surface area contributed by atoms with Gasteiger partial charge in [-0.05, 0) is 36.1 Å². The van der Waals surface area contributed by atoms with Crippen LogP contribution in [0, 0.1) is 0 Å². The number of hydrogen-bond acceptors (Lipinski definition) is 2. The molecule has 1 aliphatic rings. The molecular formula is C17H17ClN2O. The highest BCUT2D eigenvalue weighted by Crippen LogP contribution is 2.29. The number of carbonyl (C=O) groups is 1. The fourth-order valence-corrected chi connectivity index (χ4v) is 2.86. The first-order chi connectivity index (χ1) is 10.1. The van der Waals surface area contributed by atoms with Crippen LogP contribution in [0.4, 0.5) is 5.69 Å². The molecule has 0 N–H and O–H groups in total. The summed E-state index contributed by atoms with van der Waals surface area (Å²) in [6, 6.07) is 11.5. The summed E-state index contributed by atoms with van der Waals surface area (Å²) in [6.07, 6.45) is 0.901. The number of anilines is 1. The SMILES string of the molecule is CC(C)c1cc(C(=O)N2CCc3ccccc32)cc(Cl)n1. The van der Waals surface area contributed by atoms with Gasteiger partial charge in [0.15, 0.2) is 0 Å². The van der Waals surface area contributed by atoms with Crippen LogP contribution in [0.25, 0.3) is 0 Å². The predicted octanol–water partition coefficient (Wildman–Crippen LogP) is 4.06. The minimum absolute atomic E-state index is 0.00819. The number of para-hydroxylation sites is 1. The van der Waals surface area contributed by atoms with E-state index in [0.29, 0.717) is 10.7 Å². The normalized spacial score (nSPS) is 13.6. The smallest absolute Gasteiger partial charge is 0.258 e. The fourth-order valence-electron chi connectivity index (χ4n) is 2.64. The van der Waals surface area contributed by atoms with Crippen molar-refractivity contribution in [3.8, 4) is 0 Å². The molecule has 0 saturated heterocycles. The third-order valence-corrected chi connectivity index (χ3v) is 3.98. The molecule has 1 amide bonds. The standard InChI is InChI=1S/C17H17ClN2O/c1-11(2)14-9-13(10-16(18)19-14)17(21)20-8-7-12-5-3-4-6-15(12)20/h3-6,9-11H,7-8H2,1-2H3. The Kier molecular flexibility index (Phi) is 3.68. The van der Waals surface area contributed by atoms with Crippen LogP contribution in [0.1, 0.15) is 41.4 Å². The van der Waals surface area contributed by atoms with Crippen molar-refractivity contribution in [1.29, 1.82) is 0 Å². The van der Waals surface area contributed by atoms with Crippen molar-refractivity contribution in [1.82, 2.24) is 4.98 Å². The van der Waals surface area contributed by atoms with E-state index < -0.39 is 0 Å². The van der Waals surface area contributed by atoms with Crippen LogP contribution in [0.15, 0.2) is 36.4 Å². The summed E-state index contributed by atoms with van der Waals surface area (Å²) in [6.45, 7) is 4.80. The molecule has 3 rings (SSSR count). The van der Waals surface area contributed by atoms with Gasteiger partial charge < -0.3 is 4.90 Å². The summed E-state index contributed by atoms with van der Waals surface area (Å²) in [7, 11) is 0. The first-order valence-corrected chi connectivity index (χ1v) is 7.51. The highest BCUT2D eigenvalue weighted by molar-refractivity contribution is 6.30. The van der Waals surface area contributed by atoms with Gasteiger partial charge in [0.25, 0.3) is 5.91 Å².